The highest BCUT2D eigenvalue weighted by Gasteiger charge is 2.08. The molecule has 1 fully saturated rings. The molecule has 1 rings (SSSR count). The first-order valence-electron chi connectivity index (χ1n) is 16.5. The maximum absolute atomic E-state index is 4.60. The van der Waals surface area contributed by atoms with Gasteiger partial charge in [-0.1, -0.05) is 87.9 Å². The van der Waals surface area contributed by atoms with Crippen molar-refractivity contribution in [1.29, 1.82) is 0 Å². The number of nitrogens with zero attached hydrogens (tertiary/aromatic N) is 1. The van der Waals surface area contributed by atoms with Crippen molar-refractivity contribution in [3.05, 3.63) is 48.7 Å². The standard InChI is InChI=1S/C21H45N3S2.C8H12.C6H12S.C3H4/c1-18(2)17-25-13-11-22-16-21(6)23-20(5)10-14-26(8,9)15-12-24(7)19(3)4;1-4-6-7-8(3)5-2;7-6-4-2-1-3-5-6;1-3-2/h18-19,21-23H,5,8-17H2,1-4,6-7H3;4-7H,2H2,1,3H3;6-7H,1-5H2;1H,2H3/b;6-4-,8-7-;;. The minimum absolute atomic E-state index is 0.406. The molecule has 0 bridgehead atoms. The minimum atomic E-state index is -1.04. The normalized spacial score (nSPS) is 14.5. The van der Waals surface area contributed by atoms with Crippen molar-refractivity contribution in [3.63, 3.8) is 0 Å². The summed E-state index contributed by atoms with van der Waals surface area (Å²) in [5.41, 5.74) is 2.32. The first kappa shape index (κ1) is 47.4. The molecule has 0 heterocycles. The van der Waals surface area contributed by atoms with E-state index in [1.54, 1.807) is 6.92 Å². The number of terminal acetylenes is 1. The number of thioether (sulfide) groups is 1. The molecule has 0 aromatic heterocycles. The molecule has 0 radical (unpaired) electrons. The topological polar surface area (TPSA) is 27.3 Å². The summed E-state index contributed by atoms with van der Waals surface area (Å²) in [6.07, 6.45) is 20.4. The molecule has 44 heavy (non-hydrogen) atoms. The van der Waals surface area contributed by atoms with E-state index in [4.69, 9.17) is 0 Å². The number of hydrogen-bond donors (Lipinski definition) is 3. The van der Waals surface area contributed by atoms with Gasteiger partial charge in [-0.15, -0.1) is 12.3 Å². The predicted octanol–water partition coefficient (Wildman–Crippen LogP) is 9.44. The molecule has 1 saturated carbocycles. The summed E-state index contributed by atoms with van der Waals surface area (Å²) in [6.45, 7) is 27.8. The smallest absolute Gasteiger partial charge is 0.0354 e. The van der Waals surface area contributed by atoms with Gasteiger partial charge in [-0.3, -0.25) is 0 Å². The van der Waals surface area contributed by atoms with E-state index in [0.717, 1.165) is 54.4 Å². The van der Waals surface area contributed by atoms with Crippen LogP contribution in [0.4, 0.5) is 0 Å². The Balaban J connectivity index is -0.000000747. The van der Waals surface area contributed by atoms with Crippen LogP contribution in [-0.4, -0.2) is 83.7 Å². The van der Waals surface area contributed by atoms with E-state index in [9.17, 15) is 0 Å². The van der Waals surface area contributed by atoms with Crippen molar-refractivity contribution < 1.29 is 0 Å². The Hall–Kier alpha value is -0.970. The third-order valence-corrected chi connectivity index (χ3v) is 10.8. The van der Waals surface area contributed by atoms with Gasteiger partial charge in [0.2, 0.25) is 0 Å². The Kier molecular flexibility index (Phi) is 34.5. The molecular weight excluding hydrogens is 595 g/mol. The van der Waals surface area contributed by atoms with E-state index in [1.165, 1.54) is 49.2 Å². The van der Waals surface area contributed by atoms with E-state index in [0.29, 0.717) is 12.1 Å². The van der Waals surface area contributed by atoms with E-state index >= 15 is 0 Å². The first-order valence-corrected chi connectivity index (χ1v) is 20.5. The number of rotatable bonds is 18. The Morgan fingerprint density at radius 2 is 1.73 bits per heavy atom. The van der Waals surface area contributed by atoms with Crippen molar-refractivity contribution >= 4 is 45.3 Å². The highest BCUT2D eigenvalue weighted by atomic mass is 32.2. The molecule has 0 aromatic carbocycles. The third-order valence-electron chi connectivity index (χ3n) is 6.82. The molecule has 3 nitrogen and oxygen atoms in total. The lowest BCUT2D eigenvalue weighted by molar-refractivity contribution is 0.291. The van der Waals surface area contributed by atoms with Crippen molar-refractivity contribution in [1.82, 2.24) is 15.5 Å². The van der Waals surface area contributed by atoms with Gasteiger partial charge < -0.3 is 15.5 Å². The molecule has 0 amide bonds. The lowest BCUT2D eigenvalue weighted by Gasteiger charge is -2.24. The van der Waals surface area contributed by atoms with E-state index in [2.05, 4.69) is 107 Å². The van der Waals surface area contributed by atoms with Gasteiger partial charge in [-0.25, -0.2) is 9.21 Å². The van der Waals surface area contributed by atoms with Crippen LogP contribution < -0.4 is 10.6 Å². The monoisotopic (exact) mass is 667 g/mol. The van der Waals surface area contributed by atoms with Crippen LogP contribution in [0, 0.1) is 18.3 Å². The SMILES string of the molecule is C#CC.C=C(CCS(=C)(=C)CCN(C)C(C)C)NC(C)CNCCSCC(C)C.C=C/C(C)=C\C=C/C.SC1CCCCC1. The molecule has 1 aliphatic carbocycles. The molecular formula is C38H73N3S3. The lowest BCUT2D eigenvalue weighted by Crippen LogP contribution is -2.36. The Labute approximate surface area is 287 Å². The van der Waals surface area contributed by atoms with Gasteiger partial charge in [0, 0.05) is 48.4 Å². The molecule has 1 unspecified atom stereocenters. The fourth-order valence-corrected chi connectivity index (χ4v) is 6.54. The molecule has 1 atom stereocenters. The van der Waals surface area contributed by atoms with Crippen molar-refractivity contribution in [2.24, 2.45) is 5.92 Å². The van der Waals surface area contributed by atoms with Gasteiger partial charge in [-0.05, 0) is 91.0 Å². The van der Waals surface area contributed by atoms with Gasteiger partial charge in [0.15, 0.2) is 0 Å². The molecule has 6 heteroatoms. The zero-order chi connectivity index (χ0) is 34.4. The van der Waals surface area contributed by atoms with Crippen molar-refractivity contribution in [2.45, 2.75) is 111 Å². The second-order valence-corrected chi connectivity index (χ2v) is 17.6. The fraction of sp³-hybridized carbons (Fsp3) is 0.684. The minimum Gasteiger partial charge on any atom is -0.385 e. The number of hydrogen-bond acceptors (Lipinski definition) is 5. The van der Waals surface area contributed by atoms with Crippen LogP contribution in [0.5, 0.6) is 0 Å². The second-order valence-electron chi connectivity index (χ2n) is 12.5. The average molecular weight is 668 g/mol. The quantitative estimate of drug-likeness (QED) is 0.0446. The summed E-state index contributed by atoms with van der Waals surface area (Å²) >= 11 is 6.39. The number of allylic oxidation sites excluding steroid dienone is 6. The highest BCUT2D eigenvalue weighted by Crippen LogP contribution is 2.22. The maximum Gasteiger partial charge on any atom is 0.0354 e. The average Bonchev–Trinajstić information content (AvgIpc) is 2.96. The predicted molar refractivity (Wildman–Crippen MR) is 220 cm³/mol. The van der Waals surface area contributed by atoms with Crippen LogP contribution >= 0.6 is 33.6 Å². The van der Waals surface area contributed by atoms with Crippen LogP contribution in [0.3, 0.4) is 0 Å². The van der Waals surface area contributed by atoms with E-state index in [1.807, 2.05) is 49.9 Å². The van der Waals surface area contributed by atoms with E-state index < -0.39 is 9.21 Å². The largest absolute Gasteiger partial charge is 0.385 e. The molecule has 1 aliphatic rings. The van der Waals surface area contributed by atoms with Crippen LogP contribution in [0.2, 0.25) is 0 Å². The van der Waals surface area contributed by atoms with Gasteiger partial charge >= 0.3 is 0 Å². The Bertz CT molecular complexity index is 889. The van der Waals surface area contributed by atoms with Gasteiger partial charge in [0.05, 0.1) is 0 Å². The summed E-state index contributed by atoms with van der Waals surface area (Å²) in [4.78, 5) is 2.37. The Morgan fingerprint density at radius 3 is 2.18 bits per heavy atom. The summed E-state index contributed by atoms with van der Waals surface area (Å²) in [6, 6.07) is 0.989. The molecule has 0 aliphatic heterocycles. The molecule has 0 aromatic rings. The number of thiol groups is 1. The molecule has 2 N–H and O–H groups in total. The van der Waals surface area contributed by atoms with Crippen LogP contribution in [0.1, 0.15) is 93.9 Å². The highest BCUT2D eigenvalue weighted by molar-refractivity contribution is 8.27. The van der Waals surface area contributed by atoms with Gasteiger partial charge in [-0.2, -0.15) is 24.4 Å². The van der Waals surface area contributed by atoms with E-state index in [-0.39, 0.29) is 0 Å². The summed E-state index contributed by atoms with van der Waals surface area (Å²) < 4.78 is 0. The first-order chi connectivity index (χ1) is 20.6. The number of nitrogens with one attached hydrogen (secondary N) is 2. The fourth-order valence-electron chi connectivity index (χ4n) is 3.69. The molecule has 0 saturated heterocycles. The summed E-state index contributed by atoms with van der Waals surface area (Å²) in [5.74, 6) is 16.4. The summed E-state index contributed by atoms with van der Waals surface area (Å²) in [7, 11) is 1.14. The van der Waals surface area contributed by atoms with Gasteiger partial charge in [0.1, 0.15) is 0 Å². The Morgan fingerprint density at radius 1 is 1.14 bits per heavy atom. The van der Waals surface area contributed by atoms with Crippen LogP contribution in [0.25, 0.3) is 0 Å². The third kappa shape index (κ3) is 37.2. The zero-order valence-corrected chi connectivity index (χ0v) is 33.0. The van der Waals surface area contributed by atoms with Gasteiger partial charge in [0.25, 0.3) is 0 Å². The zero-order valence-electron chi connectivity index (χ0n) is 30.4. The maximum atomic E-state index is 4.60. The van der Waals surface area contributed by atoms with Crippen LogP contribution in [-0.2, 0) is 0 Å². The lowest BCUT2D eigenvalue weighted by atomic mass is 10.0. The van der Waals surface area contributed by atoms with Crippen molar-refractivity contribution in [3.8, 4) is 12.3 Å². The van der Waals surface area contributed by atoms with Crippen LogP contribution in [0.15, 0.2) is 48.7 Å². The second kappa shape index (κ2) is 32.0. The summed E-state index contributed by atoms with van der Waals surface area (Å²) in [5, 5.41) is 7.79. The molecule has 0 spiro atoms. The van der Waals surface area contributed by atoms with Crippen molar-refractivity contribution in [2.75, 3.05) is 49.7 Å². The molecule has 258 valence electrons.